The Bertz CT molecular complexity index is 925. The van der Waals surface area contributed by atoms with Crippen LogP contribution in [0.1, 0.15) is 45.7 Å². The first-order valence-corrected chi connectivity index (χ1v) is 11.9. The van der Waals surface area contributed by atoms with E-state index in [-0.39, 0.29) is 23.8 Å². The first kappa shape index (κ1) is 25.4. The summed E-state index contributed by atoms with van der Waals surface area (Å²) in [7, 11) is 0. The van der Waals surface area contributed by atoms with Crippen molar-refractivity contribution in [3.05, 3.63) is 62.5 Å². The Kier molecular flexibility index (Phi) is 9.13. The zero-order valence-electron chi connectivity index (χ0n) is 18.7. The summed E-state index contributed by atoms with van der Waals surface area (Å²) in [6, 6.07) is 12.9. The van der Waals surface area contributed by atoms with Crippen molar-refractivity contribution in [2.75, 3.05) is 13.2 Å². The molecule has 0 heterocycles. The van der Waals surface area contributed by atoms with Gasteiger partial charge >= 0.3 is 0 Å². The largest absolute Gasteiger partial charge is 0.483 e. The van der Waals surface area contributed by atoms with Crippen LogP contribution in [0.5, 0.6) is 5.75 Å². The molecule has 2 rings (SSSR count). The standard InChI is InChI=1S/C24H30Br2N2O3/c1-6-27-23(30)16(2)28(14-17-8-7-9-19(25)12-17)22(29)15-31-21-11-10-18(13-20(21)26)24(3,4)5/h7-13,16H,6,14-15H2,1-5H3,(H,27,30). The Morgan fingerprint density at radius 2 is 1.84 bits per heavy atom. The van der Waals surface area contributed by atoms with Crippen LogP contribution in [-0.2, 0) is 21.5 Å². The first-order valence-electron chi connectivity index (χ1n) is 10.3. The predicted molar refractivity (Wildman–Crippen MR) is 131 cm³/mol. The summed E-state index contributed by atoms with van der Waals surface area (Å²) in [5, 5.41) is 2.79. The predicted octanol–water partition coefficient (Wildman–Crippen LogP) is 5.44. The van der Waals surface area contributed by atoms with E-state index in [0.29, 0.717) is 18.8 Å². The van der Waals surface area contributed by atoms with E-state index in [1.807, 2.05) is 49.4 Å². The lowest BCUT2D eigenvalue weighted by atomic mass is 9.87. The third-order valence-electron chi connectivity index (χ3n) is 4.91. The monoisotopic (exact) mass is 552 g/mol. The number of carbonyl (C=O) groups excluding carboxylic acids is 2. The minimum absolute atomic E-state index is 0.0136. The number of benzene rings is 2. The van der Waals surface area contributed by atoms with Crippen LogP contribution in [0, 0.1) is 0 Å². The van der Waals surface area contributed by atoms with E-state index >= 15 is 0 Å². The molecule has 2 aromatic carbocycles. The molecule has 5 nitrogen and oxygen atoms in total. The lowest BCUT2D eigenvalue weighted by Crippen LogP contribution is -2.49. The van der Waals surface area contributed by atoms with Gasteiger partial charge in [-0.15, -0.1) is 0 Å². The van der Waals surface area contributed by atoms with Crippen LogP contribution < -0.4 is 10.1 Å². The summed E-state index contributed by atoms with van der Waals surface area (Å²) in [5.41, 5.74) is 2.11. The normalized spacial score (nSPS) is 12.2. The van der Waals surface area contributed by atoms with Gasteiger partial charge in [-0.2, -0.15) is 0 Å². The molecule has 0 spiro atoms. The van der Waals surface area contributed by atoms with Crippen molar-refractivity contribution in [2.24, 2.45) is 0 Å². The lowest BCUT2D eigenvalue weighted by Gasteiger charge is -2.29. The quantitative estimate of drug-likeness (QED) is 0.473. The Labute approximate surface area is 201 Å². The van der Waals surface area contributed by atoms with E-state index in [0.717, 1.165) is 14.5 Å². The van der Waals surface area contributed by atoms with Crippen molar-refractivity contribution in [3.8, 4) is 5.75 Å². The second-order valence-corrected chi connectivity index (χ2v) is 10.2. The number of ether oxygens (including phenoxy) is 1. The summed E-state index contributed by atoms with van der Waals surface area (Å²) < 4.78 is 7.53. The van der Waals surface area contributed by atoms with Crippen molar-refractivity contribution in [1.82, 2.24) is 10.2 Å². The molecule has 0 aliphatic carbocycles. The summed E-state index contributed by atoms with van der Waals surface area (Å²) in [6.07, 6.45) is 0. The first-order chi connectivity index (χ1) is 14.5. The molecule has 7 heteroatoms. The van der Waals surface area contributed by atoms with Gasteiger partial charge in [-0.3, -0.25) is 9.59 Å². The summed E-state index contributed by atoms with van der Waals surface area (Å²) in [6.45, 7) is 10.7. The molecule has 1 unspecified atom stereocenters. The highest BCUT2D eigenvalue weighted by atomic mass is 79.9. The van der Waals surface area contributed by atoms with Crippen LogP contribution in [0.4, 0.5) is 0 Å². The smallest absolute Gasteiger partial charge is 0.261 e. The van der Waals surface area contributed by atoms with E-state index in [1.165, 1.54) is 5.56 Å². The van der Waals surface area contributed by atoms with Gasteiger partial charge in [0.05, 0.1) is 4.47 Å². The molecule has 2 amide bonds. The third kappa shape index (κ3) is 7.35. The number of hydrogen-bond donors (Lipinski definition) is 1. The molecule has 0 aliphatic heterocycles. The average molecular weight is 554 g/mol. The fourth-order valence-corrected chi connectivity index (χ4v) is 3.98. The maximum atomic E-state index is 13.1. The van der Waals surface area contributed by atoms with Gasteiger partial charge in [0.15, 0.2) is 6.61 Å². The Balaban J connectivity index is 2.17. The minimum Gasteiger partial charge on any atom is -0.483 e. The zero-order valence-corrected chi connectivity index (χ0v) is 21.8. The number of halogens is 2. The van der Waals surface area contributed by atoms with Gasteiger partial charge in [-0.25, -0.2) is 0 Å². The molecular formula is C24H30Br2N2O3. The van der Waals surface area contributed by atoms with Gasteiger partial charge < -0.3 is 15.0 Å². The third-order valence-corrected chi connectivity index (χ3v) is 6.02. The lowest BCUT2D eigenvalue weighted by molar-refractivity contribution is -0.142. The van der Waals surface area contributed by atoms with Gasteiger partial charge in [0, 0.05) is 17.6 Å². The fourth-order valence-electron chi connectivity index (χ4n) is 3.04. The molecule has 2 aromatic rings. The molecule has 0 saturated heterocycles. The maximum absolute atomic E-state index is 13.1. The molecule has 0 bridgehead atoms. The molecule has 1 N–H and O–H groups in total. The summed E-state index contributed by atoms with van der Waals surface area (Å²) in [5.74, 6) is 0.140. The minimum atomic E-state index is -0.623. The van der Waals surface area contributed by atoms with Crippen LogP contribution >= 0.6 is 31.9 Å². The fraction of sp³-hybridized carbons (Fsp3) is 0.417. The molecule has 31 heavy (non-hydrogen) atoms. The molecular weight excluding hydrogens is 524 g/mol. The molecule has 0 aliphatic rings. The second kappa shape index (κ2) is 11.1. The SMILES string of the molecule is CCNC(=O)C(C)N(Cc1cccc(Br)c1)C(=O)COc1ccc(C(C)(C)C)cc1Br. The van der Waals surface area contributed by atoms with E-state index < -0.39 is 6.04 Å². The molecule has 0 saturated carbocycles. The van der Waals surface area contributed by atoms with Crippen molar-refractivity contribution in [3.63, 3.8) is 0 Å². The van der Waals surface area contributed by atoms with Crippen molar-refractivity contribution < 1.29 is 14.3 Å². The number of hydrogen-bond acceptors (Lipinski definition) is 3. The van der Waals surface area contributed by atoms with Gasteiger partial charge in [-0.1, -0.05) is 54.9 Å². The van der Waals surface area contributed by atoms with Crippen molar-refractivity contribution >= 4 is 43.7 Å². The summed E-state index contributed by atoms with van der Waals surface area (Å²) >= 11 is 7.00. The number of likely N-dealkylation sites (N-methyl/N-ethyl adjacent to an activating group) is 1. The second-order valence-electron chi connectivity index (χ2n) is 8.41. The van der Waals surface area contributed by atoms with Crippen molar-refractivity contribution in [2.45, 2.75) is 52.6 Å². The van der Waals surface area contributed by atoms with E-state index in [2.05, 4.69) is 57.9 Å². The van der Waals surface area contributed by atoms with E-state index in [9.17, 15) is 9.59 Å². The van der Waals surface area contributed by atoms with Crippen LogP contribution in [0.2, 0.25) is 0 Å². The topological polar surface area (TPSA) is 58.6 Å². The van der Waals surface area contributed by atoms with Crippen LogP contribution in [0.25, 0.3) is 0 Å². The zero-order chi connectivity index (χ0) is 23.2. The highest BCUT2D eigenvalue weighted by Crippen LogP contribution is 2.31. The molecule has 0 fully saturated rings. The average Bonchev–Trinajstić information content (AvgIpc) is 2.70. The van der Waals surface area contributed by atoms with Gasteiger partial charge in [0.25, 0.3) is 5.91 Å². The molecule has 0 aromatic heterocycles. The van der Waals surface area contributed by atoms with Gasteiger partial charge in [0.1, 0.15) is 11.8 Å². The Morgan fingerprint density at radius 3 is 2.42 bits per heavy atom. The molecule has 168 valence electrons. The van der Waals surface area contributed by atoms with Crippen molar-refractivity contribution in [1.29, 1.82) is 0 Å². The highest BCUT2D eigenvalue weighted by molar-refractivity contribution is 9.10. The Morgan fingerprint density at radius 1 is 1.13 bits per heavy atom. The number of rotatable bonds is 8. The molecule has 0 radical (unpaired) electrons. The highest BCUT2D eigenvalue weighted by Gasteiger charge is 2.26. The van der Waals surface area contributed by atoms with Crippen LogP contribution in [0.15, 0.2) is 51.4 Å². The Hall–Kier alpha value is -1.86. The number of carbonyl (C=O) groups is 2. The number of nitrogens with zero attached hydrogens (tertiary/aromatic N) is 1. The van der Waals surface area contributed by atoms with Crippen LogP contribution in [0.3, 0.4) is 0 Å². The molecule has 1 atom stereocenters. The number of nitrogens with one attached hydrogen (secondary N) is 1. The number of amides is 2. The van der Waals surface area contributed by atoms with Crippen LogP contribution in [-0.4, -0.2) is 35.9 Å². The maximum Gasteiger partial charge on any atom is 0.261 e. The van der Waals surface area contributed by atoms with Gasteiger partial charge in [-0.05, 0) is 70.6 Å². The van der Waals surface area contributed by atoms with Gasteiger partial charge in [0.2, 0.25) is 5.91 Å². The summed E-state index contributed by atoms with van der Waals surface area (Å²) in [4.78, 5) is 27.1. The van der Waals surface area contributed by atoms with E-state index in [4.69, 9.17) is 4.74 Å². The van der Waals surface area contributed by atoms with E-state index in [1.54, 1.807) is 11.8 Å².